The maximum absolute atomic E-state index is 11.7. The van der Waals surface area contributed by atoms with E-state index >= 15 is 0 Å². The fourth-order valence-electron chi connectivity index (χ4n) is 3.13. The van der Waals surface area contributed by atoms with E-state index in [-0.39, 0.29) is 18.6 Å². The molecular formula is C16H25N2O3S+. The molecule has 1 heterocycles. The normalized spacial score (nSPS) is 27.8. The maximum Gasteiger partial charge on any atom is 0.275 e. The Bertz CT molecular complexity index is 509. The number of carbonyl (C=O) groups is 1. The molecule has 1 aromatic rings. The van der Waals surface area contributed by atoms with Gasteiger partial charge in [0.15, 0.2) is 6.04 Å². The molecule has 1 unspecified atom stereocenters. The van der Waals surface area contributed by atoms with Crippen molar-refractivity contribution < 1.29 is 19.1 Å². The molecule has 0 radical (unpaired) electrons. The van der Waals surface area contributed by atoms with Crippen LogP contribution in [0.2, 0.25) is 0 Å². The van der Waals surface area contributed by atoms with Crippen molar-refractivity contribution in [1.29, 1.82) is 0 Å². The summed E-state index contributed by atoms with van der Waals surface area (Å²) >= 11 is 1.85. The molecule has 22 heavy (non-hydrogen) atoms. The number of amides is 1. The molecule has 0 aliphatic carbocycles. The Morgan fingerprint density at radius 2 is 2.14 bits per heavy atom. The minimum absolute atomic E-state index is 0.0795. The lowest BCUT2D eigenvalue weighted by atomic mass is 10.2. The van der Waals surface area contributed by atoms with E-state index in [4.69, 9.17) is 10.5 Å². The molecule has 0 bridgehead atoms. The first-order valence-corrected chi connectivity index (χ1v) is 8.52. The van der Waals surface area contributed by atoms with Crippen molar-refractivity contribution in [3.05, 3.63) is 29.8 Å². The topological polar surface area (TPSA) is 72.5 Å². The first kappa shape index (κ1) is 17.1. The second kappa shape index (κ2) is 7.35. The van der Waals surface area contributed by atoms with Crippen LogP contribution in [-0.2, 0) is 10.5 Å². The molecule has 1 aliphatic rings. The van der Waals surface area contributed by atoms with Gasteiger partial charge in [-0.2, -0.15) is 0 Å². The lowest BCUT2D eigenvalue weighted by Gasteiger charge is -2.33. The van der Waals surface area contributed by atoms with E-state index in [0.717, 1.165) is 24.5 Å². The van der Waals surface area contributed by atoms with Gasteiger partial charge in [0, 0.05) is 12.2 Å². The minimum Gasteiger partial charge on any atom is -0.497 e. The highest BCUT2D eigenvalue weighted by atomic mass is 32.2. The zero-order valence-electron chi connectivity index (χ0n) is 13.2. The fourth-order valence-corrected chi connectivity index (χ4v) is 4.51. The summed E-state index contributed by atoms with van der Waals surface area (Å²) in [4.78, 5) is 11.7. The number of primary amides is 1. The van der Waals surface area contributed by atoms with Crippen molar-refractivity contribution >= 4 is 17.7 Å². The number of ether oxygens (including phenoxy) is 1. The number of likely N-dealkylation sites (tertiary alicyclic amines) is 1. The smallest absolute Gasteiger partial charge is 0.275 e. The Balaban J connectivity index is 1.94. The van der Waals surface area contributed by atoms with Crippen LogP contribution in [0.4, 0.5) is 0 Å². The number of hydrogen-bond acceptors (Lipinski definition) is 4. The highest BCUT2D eigenvalue weighted by molar-refractivity contribution is 7.99. The third-order valence-corrected chi connectivity index (χ3v) is 5.76. The zero-order valence-corrected chi connectivity index (χ0v) is 14.0. The second-order valence-corrected chi connectivity index (χ2v) is 7.33. The first-order chi connectivity index (χ1) is 10.5. The third-order valence-electron chi connectivity index (χ3n) is 4.44. The van der Waals surface area contributed by atoms with Gasteiger partial charge in [0.1, 0.15) is 12.3 Å². The van der Waals surface area contributed by atoms with Crippen LogP contribution in [0, 0.1) is 0 Å². The average molecular weight is 325 g/mol. The summed E-state index contributed by atoms with van der Waals surface area (Å²) in [5.74, 6) is 1.50. The van der Waals surface area contributed by atoms with Gasteiger partial charge in [-0.3, -0.25) is 4.79 Å². The summed E-state index contributed by atoms with van der Waals surface area (Å²) in [7, 11) is 3.67. The van der Waals surface area contributed by atoms with Crippen LogP contribution in [-0.4, -0.2) is 60.6 Å². The van der Waals surface area contributed by atoms with E-state index in [2.05, 4.69) is 12.1 Å². The molecule has 5 nitrogen and oxygen atoms in total. The minimum atomic E-state index is -0.261. The number of aliphatic hydroxyl groups excluding tert-OH is 1. The molecule has 3 atom stereocenters. The number of likely N-dealkylation sites (N-methyl/N-ethyl adjacent to an activating group) is 1. The van der Waals surface area contributed by atoms with Gasteiger partial charge in [0.2, 0.25) is 0 Å². The van der Waals surface area contributed by atoms with Gasteiger partial charge >= 0.3 is 0 Å². The van der Waals surface area contributed by atoms with Crippen LogP contribution in [0.5, 0.6) is 5.75 Å². The summed E-state index contributed by atoms with van der Waals surface area (Å²) < 4.78 is 5.71. The number of quaternary nitrogens is 1. The van der Waals surface area contributed by atoms with Gasteiger partial charge in [-0.15, -0.1) is 11.8 Å². The quantitative estimate of drug-likeness (QED) is 0.734. The van der Waals surface area contributed by atoms with Gasteiger partial charge in [0.05, 0.1) is 32.6 Å². The number of rotatable bonds is 7. The first-order valence-electron chi connectivity index (χ1n) is 7.47. The van der Waals surface area contributed by atoms with E-state index < -0.39 is 0 Å². The number of nitrogens with two attached hydrogens (primary N) is 1. The predicted octanol–water partition coefficient (Wildman–Crippen LogP) is 0.994. The summed E-state index contributed by atoms with van der Waals surface area (Å²) in [6.07, 6.45) is 0.784. The Hall–Kier alpha value is -1.24. The average Bonchev–Trinajstić information content (AvgIpc) is 2.83. The van der Waals surface area contributed by atoms with Crippen LogP contribution < -0.4 is 10.5 Å². The van der Waals surface area contributed by atoms with Crippen molar-refractivity contribution in [3.63, 3.8) is 0 Å². The number of aliphatic hydroxyl groups is 1. The summed E-state index contributed by atoms with van der Waals surface area (Å²) in [6.45, 7) is 1.53. The van der Waals surface area contributed by atoms with Crippen molar-refractivity contribution in [2.24, 2.45) is 5.73 Å². The van der Waals surface area contributed by atoms with Crippen LogP contribution in [0.3, 0.4) is 0 Å². The standard InChI is InChI=1S/C16H24N2O3S/c1-18(7-8-19)10-14(9-15(18)16(17)20)22-11-12-3-5-13(21-2)6-4-12/h3-6,14-15,19H,7-11H2,1-2H3,(H-,17,20)/p+1/t14-,15-,18?/m0/s1. The number of thioether (sulfide) groups is 1. The number of benzene rings is 1. The van der Waals surface area contributed by atoms with E-state index in [1.807, 2.05) is 30.9 Å². The molecule has 1 saturated heterocycles. The lowest BCUT2D eigenvalue weighted by Crippen LogP contribution is -2.55. The van der Waals surface area contributed by atoms with Crippen molar-refractivity contribution in [2.45, 2.75) is 23.5 Å². The Morgan fingerprint density at radius 3 is 2.68 bits per heavy atom. The van der Waals surface area contributed by atoms with Crippen LogP contribution in [0.25, 0.3) is 0 Å². The molecular weight excluding hydrogens is 300 g/mol. The molecule has 0 saturated carbocycles. The van der Waals surface area contributed by atoms with Gasteiger partial charge < -0.3 is 20.1 Å². The van der Waals surface area contributed by atoms with Crippen LogP contribution >= 0.6 is 11.8 Å². The molecule has 3 N–H and O–H groups in total. The number of nitrogens with zero attached hydrogens (tertiary/aromatic N) is 1. The summed E-state index contributed by atoms with van der Waals surface area (Å²) in [5.41, 5.74) is 6.79. The molecule has 1 fully saturated rings. The van der Waals surface area contributed by atoms with Gasteiger partial charge in [-0.05, 0) is 17.7 Å². The molecule has 1 aromatic carbocycles. The van der Waals surface area contributed by atoms with Gasteiger partial charge in [0.25, 0.3) is 5.91 Å². The lowest BCUT2D eigenvalue weighted by molar-refractivity contribution is -0.912. The molecule has 0 spiro atoms. The number of carbonyl (C=O) groups excluding carboxylic acids is 1. The maximum atomic E-state index is 11.7. The number of hydrogen-bond donors (Lipinski definition) is 2. The molecule has 0 aromatic heterocycles. The largest absolute Gasteiger partial charge is 0.497 e. The van der Waals surface area contributed by atoms with Crippen LogP contribution in [0.15, 0.2) is 24.3 Å². The van der Waals surface area contributed by atoms with E-state index in [9.17, 15) is 9.90 Å². The Labute approximate surface area is 136 Å². The van der Waals surface area contributed by atoms with E-state index in [0.29, 0.717) is 16.3 Å². The van der Waals surface area contributed by atoms with E-state index in [1.54, 1.807) is 7.11 Å². The summed E-state index contributed by atoms with van der Waals surface area (Å²) in [5, 5.41) is 9.63. The van der Waals surface area contributed by atoms with Gasteiger partial charge in [-0.1, -0.05) is 12.1 Å². The molecule has 2 rings (SSSR count). The van der Waals surface area contributed by atoms with Crippen molar-refractivity contribution in [3.8, 4) is 5.75 Å². The highest BCUT2D eigenvalue weighted by Gasteiger charge is 2.46. The SMILES string of the molecule is COc1ccc(CS[C@H]2C[C@@H](C(N)=O)[N+](C)(CCO)C2)cc1. The fraction of sp³-hybridized carbons (Fsp3) is 0.562. The highest BCUT2D eigenvalue weighted by Crippen LogP contribution is 2.34. The number of methoxy groups -OCH3 is 1. The van der Waals surface area contributed by atoms with Crippen LogP contribution in [0.1, 0.15) is 12.0 Å². The van der Waals surface area contributed by atoms with Gasteiger partial charge in [-0.25, -0.2) is 0 Å². The molecule has 1 amide bonds. The zero-order chi connectivity index (χ0) is 16.2. The molecule has 6 heteroatoms. The van der Waals surface area contributed by atoms with Crippen molar-refractivity contribution in [2.75, 3.05) is 33.9 Å². The monoisotopic (exact) mass is 325 g/mol. The van der Waals surface area contributed by atoms with Crippen molar-refractivity contribution in [1.82, 2.24) is 0 Å². The predicted molar refractivity (Wildman–Crippen MR) is 88.7 cm³/mol. The second-order valence-electron chi connectivity index (χ2n) is 6.04. The Kier molecular flexibility index (Phi) is 5.72. The Morgan fingerprint density at radius 1 is 1.45 bits per heavy atom. The molecule has 1 aliphatic heterocycles. The summed E-state index contributed by atoms with van der Waals surface area (Å²) in [6, 6.07) is 7.86. The third kappa shape index (κ3) is 3.94. The van der Waals surface area contributed by atoms with E-state index in [1.165, 1.54) is 5.56 Å². The molecule has 122 valence electrons.